The van der Waals surface area contributed by atoms with Crippen molar-refractivity contribution >= 4 is 0 Å². The van der Waals surface area contributed by atoms with E-state index >= 15 is 0 Å². The van der Waals surface area contributed by atoms with Crippen molar-refractivity contribution < 1.29 is 13.9 Å². The van der Waals surface area contributed by atoms with Crippen molar-refractivity contribution in [2.75, 3.05) is 39.4 Å². The summed E-state index contributed by atoms with van der Waals surface area (Å²) in [7, 11) is 0. The number of ether oxygens (including phenoxy) is 2. The maximum Gasteiger partial charge on any atom is 0.129 e. The van der Waals surface area contributed by atoms with Gasteiger partial charge in [-0.1, -0.05) is 36.4 Å². The van der Waals surface area contributed by atoms with Gasteiger partial charge in [0.1, 0.15) is 18.2 Å². The highest BCUT2D eigenvalue weighted by atomic mass is 19.1. The Kier molecular flexibility index (Phi) is 7.43. The smallest absolute Gasteiger partial charge is 0.129 e. The quantitative estimate of drug-likeness (QED) is 0.698. The molecule has 5 heteroatoms. The number of benzene rings is 2. The van der Waals surface area contributed by atoms with Crippen LogP contribution in [-0.2, 0) is 17.9 Å². The number of hydrogen-bond donors (Lipinski definition) is 1. The molecule has 1 saturated heterocycles. The van der Waals surface area contributed by atoms with Crippen LogP contribution in [0.2, 0.25) is 0 Å². The van der Waals surface area contributed by atoms with Crippen LogP contribution >= 0.6 is 0 Å². The summed E-state index contributed by atoms with van der Waals surface area (Å²) in [5.74, 6) is 0.572. The van der Waals surface area contributed by atoms with Crippen molar-refractivity contribution in [3.8, 4) is 5.75 Å². The molecule has 2 aromatic rings. The topological polar surface area (TPSA) is 33.7 Å². The molecule has 0 saturated carbocycles. The minimum atomic E-state index is -0.230. The van der Waals surface area contributed by atoms with Gasteiger partial charge < -0.3 is 14.8 Å². The summed E-state index contributed by atoms with van der Waals surface area (Å²) in [6.45, 7) is 6.80. The van der Waals surface area contributed by atoms with Crippen LogP contribution in [0.4, 0.5) is 4.39 Å². The van der Waals surface area contributed by atoms with Crippen molar-refractivity contribution in [1.29, 1.82) is 0 Å². The van der Waals surface area contributed by atoms with Gasteiger partial charge in [-0.05, 0) is 31.6 Å². The molecule has 0 aliphatic carbocycles. The van der Waals surface area contributed by atoms with Gasteiger partial charge in [0.25, 0.3) is 0 Å². The molecule has 26 heavy (non-hydrogen) atoms. The van der Waals surface area contributed by atoms with Gasteiger partial charge >= 0.3 is 0 Å². The summed E-state index contributed by atoms with van der Waals surface area (Å²) < 4.78 is 24.9. The lowest BCUT2D eigenvalue weighted by Crippen LogP contribution is -2.37. The molecule has 3 rings (SSSR count). The molecular weight excluding hydrogens is 331 g/mol. The number of rotatable bonds is 9. The molecule has 1 aliphatic heterocycles. The highest BCUT2D eigenvalue weighted by molar-refractivity contribution is 5.33. The van der Waals surface area contributed by atoms with Crippen LogP contribution in [0.1, 0.15) is 17.5 Å². The van der Waals surface area contributed by atoms with E-state index in [-0.39, 0.29) is 12.4 Å². The minimum absolute atomic E-state index is 0.230. The molecule has 0 radical (unpaired) electrons. The zero-order valence-electron chi connectivity index (χ0n) is 15.1. The van der Waals surface area contributed by atoms with E-state index in [2.05, 4.69) is 10.2 Å². The van der Waals surface area contributed by atoms with Crippen LogP contribution in [0.5, 0.6) is 5.75 Å². The van der Waals surface area contributed by atoms with Crippen molar-refractivity contribution in [2.24, 2.45) is 0 Å². The molecule has 1 fully saturated rings. The first-order chi connectivity index (χ1) is 12.8. The van der Waals surface area contributed by atoms with Gasteiger partial charge in [-0.3, -0.25) is 4.90 Å². The molecule has 0 spiro atoms. The van der Waals surface area contributed by atoms with Gasteiger partial charge in [0, 0.05) is 30.8 Å². The molecule has 0 aromatic heterocycles. The maximum atomic E-state index is 13.7. The van der Waals surface area contributed by atoms with Crippen LogP contribution in [0.15, 0.2) is 48.5 Å². The summed E-state index contributed by atoms with van der Waals surface area (Å²) in [6, 6.07) is 14.6. The summed E-state index contributed by atoms with van der Waals surface area (Å²) >= 11 is 0. The third kappa shape index (κ3) is 5.80. The molecule has 1 aliphatic rings. The van der Waals surface area contributed by atoms with Crippen LogP contribution in [0.25, 0.3) is 0 Å². The van der Waals surface area contributed by atoms with Gasteiger partial charge in [0.05, 0.1) is 13.2 Å². The SMILES string of the molecule is Fc1ccccc1COc1ccccc1CNCCCN1CCOCC1. The Morgan fingerprint density at radius 1 is 1.00 bits per heavy atom. The van der Waals surface area contributed by atoms with Crippen molar-refractivity contribution in [3.05, 3.63) is 65.5 Å². The van der Waals surface area contributed by atoms with Crippen LogP contribution in [0, 0.1) is 5.82 Å². The van der Waals surface area contributed by atoms with Crippen LogP contribution in [-0.4, -0.2) is 44.3 Å². The van der Waals surface area contributed by atoms with Gasteiger partial charge in [-0.2, -0.15) is 0 Å². The first-order valence-electron chi connectivity index (χ1n) is 9.28. The second kappa shape index (κ2) is 10.3. The summed E-state index contributed by atoms with van der Waals surface area (Å²) in [5, 5.41) is 3.48. The fraction of sp³-hybridized carbons (Fsp3) is 0.429. The van der Waals surface area contributed by atoms with Crippen molar-refractivity contribution in [3.63, 3.8) is 0 Å². The molecule has 140 valence electrons. The molecule has 1 N–H and O–H groups in total. The van der Waals surface area contributed by atoms with Gasteiger partial charge in [0.2, 0.25) is 0 Å². The zero-order chi connectivity index (χ0) is 18.0. The summed E-state index contributed by atoms with van der Waals surface area (Å²) in [4.78, 5) is 2.44. The molecular formula is C21H27FN2O2. The Morgan fingerprint density at radius 2 is 1.73 bits per heavy atom. The number of nitrogens with zero attached hydrogens (tertiary/aromatic N) is 1. The molecule has 1 heterocycles. The number of morpholine rings is 1. The first-order valence-corrected chi connectivity index (χ1v) is 9.28. The Bertz CT molecular complexity index is 675. The normalized spacial score (nSPS) is 15.1. The fourth-order valence-corrected chi connectivity index (χ4v) is 3.04. The van der Waals surface area contributed by atoms with Gasteiger partial charge in [0.15, 0.2) is 0 Å². The van der Waals surface area contributed by atoms with Crippen molar-refractivity contribution in [1.82, 2.24) is 10.2 Å². The van der Waals surface area contributed by atoms with E-state index < -0.39 is 0 Å². The first kappa shape index (κ1) is 18.8. The summed E-state index contributed by atoms with van der Waals surface area (Å²) in [5.41, 5.74) is 1.66. The lowest BCUT2D eigenvalue weighted by Gasteiger charge is -2.26. The largest absolute Gasteiger partial charge is 0.488 e. The summed E-state index contributed by atoms with van der Waals surface area (Å²) in [6.07, 6.45) is 1.11. The second-order valence-corrected chi connectivity index (χ2v) is 6.47. The number of nitrogens with one attached hydrogen (secondary N) is 1. The monoisotopic (exact) mass is 358 g/mol. The van der Waals surface area contributed by atoms with E-state index in [4.69, 9.17) is 9.47 Å². The predicted molar refractivity (Wildman–Crippen MR) is 101 cm³/mol. The second-order valence-electron chi connectivity index (χ2n) is 6.47. The average Bonchev–Trinajstić information content (AvgIpc) is 2.69. The van der Waals surface area contributed by atoms with Crippen LogP contribution < -0.4 is 10.1 Å². The minimum Gasteiger partial charge on any atom is -0.488 e. The molecule has 2 aromatic carbocycles. The van der Waals surface area contributed by atoms with Crippen molar-refractivity contribution in [2.45, 2.75) is 19.6 Å². The molecule has 0 unspecified atom stereocenters. The highest BCUT2D eigenvalue weighted by Gasteiger charge is 2.09. The Balaban J connectivity index is 1.42. The van der Waals surface area contributed by atoms with Gasteiger partial charge in [-0.25, -0.2) is 4.39 Å². The van der Waals surface area contributed by atoms with Crippen LogP contribution in [0.3, 0.4) is 0 Å². The lowest BCUT2D eigenvalue weighted by molar-refractivity contribution is 0.0374. The molecule has 0 bridgehead atoms. The standard InChI is InChI=1S/C21H27FN2O2/c22-20-8-3-1-7-19(20)17-26-21-9-4-2-6-18(21)16-23-10-5-11-24-12-14-25-15-13-24/h1-4,6-9,23H,5,10-17H2. The van der Waals surface area contributed by atoms with E-state index in [0.717, 1.165) is 63.7 Å². The van der Waals surface area contributed by atoms with E-state index in [1.165, 1.54) is 6.07 Å². The highest BCUT2D eigenvalue weighted by Crippen LogP contribution is 2.20. The third-order valence-electron chi connectivity index (χ3n) is 4.56. The zero-order valence-corrected chi connectivity index (χ0v) is 15.1. The average molecular weight is 358 g/mol. The van der Waals surface area contributed by atoms with E-state index in [9.17, 15) is 4.39 Å². The fourth-order valence-electron chi connectivity index (χ4n) is 3.04. The van der Waals surface area contributed by atoms with E-state index in [0.29, 0.717) is 5.56 Å². The molecule has 4 nitrogen and oxygen atoms in total. The maximum absolute atomic E-state index is 13.7. The lowest BCUT2D eigenvalue weighted by atomic mass is 10.2. The molecule has 0 amide bonds. The Morgan fingerprint density at radius 3 is 2.54 bits per heavy atom. The van der Waals surface area contributed by atoms with E-state index in [1.807, 2.05) is 30.3 Å². The Labute approximate surface area is 154 Å². The van der Waals surface area contributed by atoms with Gasteiger partial charge in [-0.15, -0.1) is 0 Å². The number of para-hydroxylation sites is 1. The third-order valence-corrected chi connectivity index (χ3v) is 4.56. The predicted octanol–water partition coefficient (Wildman–Crippen LogP) is 3.22. The van der Waals surface area contributed by atoms with E-state index in [1.54, 1.807) is 12.1 Å². The number of hydrogen-bond acceptors (Lipinski definition) is 4. The molecule has 0 atom stereocenters. The Hall–Kier alpha value is -1.95. The number of halogens is 1.